The van der Waals surface area contributed by atoms with Crippen LogP contribution >= 0.6 is 0 Å². The van der Waals surface area contributed by atoms with Gasteiger partial charge in [0.25, 0.3) is 5.69 Å². The maximum atomic E-state index is 11.5. The number of hydrogen-bond donors (Lipinski definition) is 0. The number of rotatable bonds is 8. The van der Waals surface area contributed by atoms with E-state index in [2.05, 4.69) is 0 Å². The van der Waals surface area contributed by atoms with Gasteiger partial charge in [-0.25, -0.2) is 0 Å². The van der Waals surface area contributed by atoms with E-state index in [1.54, 1.807) is 31.2 Å². The van der Waals surface area contributed by atoms with Crippen molar-refractivity contribution in [2.45, 2.75) is 20.4 Å². The summed E-state index contributed by atoms with van der Waals surface area (Å²) in [5.74, 6) is 1.05. The summed E-state index contributed by atoms with van der Waals surface area (Å²) in [5.41, 5.74) is 1.57. The van der Waals surface area contributed by atoms with Gasteiger partial charge in [0.15, 0.2) is 17.3 Å². The van der Waals surface area contributed by atoms with Crippen molar-refractivity contribution in [1.29, 1.82) is 0 Å². The van der Waals surface area contributed by atoms with Crippen LogP contribution < -0.4 is 14.4 Å². The highest BCUT2D eigenvalue weighted by Crippen LogP contribution is 2.32. The first kappa shape index (κ1) is 19.2. The number of hydrogen-bond acceptors (Lipinski definition) is 6. The molecule has 2 rings (SSSR count). The number of benzene rings is 2. The zero-order valence-electron chi connectivity index (χ0n) is 15.3. The van der Waals surface area contributed by atoms with Gasteiger partial charge in [0.2, 0.25) is 0 Å². The van der Waals surface area contributed by atoms with Crippen LogP contribution in [0.15, 0.2) is 36.4 Å². The second-order valence-corrected chi connectivity index (χ2v) is 5.79. The van der Waals surface area contributed by atoms with Crippen molar-refractivity contribution >= 4 is 17.2 Å². The summed E-state index contributed by atoms with van der Waals surface area (Å²) in [6, 6.07) is 10.1. The number of ether oxygens (including phenoxy) is 2. The molecule has 0 unspecified atom stereocenters. The predicted octanol–water partition coefficient (Wildman–Crippen LogP) is 3.84. The van der Waals surface area contributed by atoms with E-state index < -0.39 is 4.92 Å². The van der Waals surface area contributed by atoms with Gasteiger partial charge >= 0.3 is 0 Å². The molecule has 7 heteroatoms. The van der Waals surface area contributed by atoms with Crippen LogP contribution in [0.3, 0.4) is 0 Å². The molecule has 138 valence electrons. The van der Waals surface area contributed by atoms with E-state index in [1.165, 1.54) is 13.0 Å². The second kappa shape index (κ2) is 8.33. The highest BCUT2D eigenvalue weighted by molar-refractivity contribution is 5.95. The number of carbonyl (C=O) groups excluding carboxylic acids is 1. The Kier molecular flexibility index (Phi) is 6.16. The summed E-state index contributed by atoms with van der Waals surface area (Å²) >= 11 is 0. The molecule has 0 bridgehead atoms. The van der Waals surface area contributed by atoms with Gasteiger partial charge in [-0.2, -0.15) is 0 Å². The second-order valence-electron chi connectivity index (χ2n) is 5.79. The van der Waals surface area contributed by atoms with E-state index in [-0.39, 0.29) is 11.5 Å². The lowest BCUT2D eigenvalue weighted by Crippen LogP contribution is -2.18. The van der Waals surface area contributed by atoms with Crippen LogP contribution in [0.5, 0.6) is 11.5 Å². The fourth-order valence-corrected chi connectivity index (χ4v) is 2.66. The predicted molar refractivity (Wildman–Crippen MR) is 99.4 cm³/mol. The largest absolute Gasteiger partial charge is 0.493 e. The average Bonchev–Trinajstić information content (AvgIpc) is 2.62. The maximum absolute atomic E-state index is 11.5. The van der Waals surface area contributed by atoms with Crippen molar-refractivity contribution in [1.82, 2.24) is 0 Å². The summed E-state index contributed by atoms with van der Waals surface area (Å²) < 4.78 is 10.8. The number of nitrogens with zero attached hydrogens (tertiary/aromatic N) is 2. The molecular weight excluding hydrogens is 336 g/mol. The lowest BCUT2D eigenvalue weighted by molar-refractivity contribution is -0.384. The zero-order chi connectivity index (χ0) is 19.3. The van der Waals surface area contributed by atoms with Gasteiger partial charge in [-0.15, -0.1) is 0 Å². The van der Waals surface area contributed by atoms with Crippen LogP contribution in [0.25, 0.3) is 0 Å². The number of methoxy groups -OCH3 is 1. The monoisotopic (exact) mass is 358 g/mol. The van der Waals surface area contributed by atoms with Crippen molar-refractivity contribution in [3.8, 4) is 11.5 Å². The summed E-state index contributed by atoms with van der Waals surface area (Å²) in [7, 11) is 3.33. The number of ketones is 1. The van der Waals surface area contributed by atoms with Gasteiger partial charge < -0.3 is 14.4 Å². The fourth-order valence-electron chi connectivity index (χ4n) is 2.66. The number of carbonyl (C=O) groups is 1. The molecule has 0 amide bonds. The van der Waals surface area contributed by atoms with Crippen LogP contribution in [-0.4, -0.2) is 31.5 Å². The molecule has 2 aromatic carbocycles. The minimum atomic E-state index is -0.475. The molecule has 0 N–H and O–H groups in total. The molecule has 0 aliphatic rings. The molecule has 0 radical (unpaired) electrons. The van der Waals surface area contributed by atoms with E-state index in [4.69, 9.17) is 9.47 Å². The quantitative estimate of drug-likeness (QED) is 0.405. The van der Waals surface area contributed by atoms with Gasteiger partial charge in [-0.05, 0) is 43.7 Å². The van der Waals surface area contributed by atoms with E-state index in [0.29, 0.717) is 35.9 Å². The minimum Gasteiger partial charge on any atom is -0.493 e. The van der Waals surface area contributed by atoms with Gasteiger partial charge in [-0.3, -0.25) is 14.9 Å². The number of anilines is 1. The SMILES string of the molecule is CCOc1ccc(CN(C)c2ccc(C(C)=O)cc2[N+](=O)[O-])cc1OC. The molecule has 0 saturated heterocycles. The smallest absolute Gasteiger partial charge is 0.293 e. The van der Waals surface area contributed by atoms with E-state index >= 15 is 0 Å². The van der Waals surface area contributed by atoms with E-state index in [0.717, 1.165) is 5.56 Å². The molecule has 0 aliphatic carbocycles. The first-order valence-corrected chi connectivity index (χ1v) is 8.17. The van der Waals surface area contributed by atoms with E-state index in [1.807, 2.05) is 25.1 Å². The number of nitro groups is 1. The Labute approximate surface area is 152 Å². The van der Waals surface area contributed by atoms with Gasteiger partial charge in [0, 0.05) is 25.2 Å². The zero-order valence-corrected chi connectivity index (χ0v) is 15.3. The molecular formula is C19H22N2O5. The highest BCUT2D eigenvalue weighted by Gasteiger charge is 2.19. The standard InChI is InChI=1S/C19H22N2O5/c1-5-26-18-9-6-14(10-19(18)25-4)12-20(3)16-8-7-15(13(2)22)11-17(16)21(23)24/h6-11H,5,12H2,1-4H3. The highest BCUT2D eigenvalue weighted by atomic mass is 16.6. The van der Waals surface area contributed by atoms with Crippen molar-refractivity contribution in [2.75, 3.05) is 25.7 Å². The van der Waals surface area contributed by atoms with Crippen LogP contribution in [-0.2, 0) is 6.54 Å². The minimum absolute atomic E-state index is 0.0990. The molecule has 0 aromatic heterocycles. The molecule has 0 heterocycles. The Morgan fingerprint density at radius 1 is 1.19 bits per heavy atom. The molecule has 0 saturated carbocycles. The molecule has 0 fully saturated rings. The fraction of sp³-hybridized carbons (Fsp3) is 0.316. The Balaban J connectivity index is 2.31. The van der Waals surface area contributed by atoms with Crippen molar-refractivity contribution in [3.05, 3.63) is 57.6 Å². The van der Waals surface area contributed by atoms with Gasteiger partial charge in [-0.1, -0.05) is 6.07 Å². The van der Waals surface area contributed by atoms with Crippen LogP contribution in [0.4, 0.5) is 11.4 Å². The van der Waals surface area contributed by atoms with Crippen LogP contribution in [0.1, 0.15) is 29.8 Å². The third-order valence-corrected chi connectivity index (χ3v) is 3.94. The lowest BCUT2D eigenvalue weighted by Gasteiger charge is -2.20. The summed E-state index contributed by atoms with van der Waals surface area (Å²) in [6.07, 6.45) is 0. The Hall–Kier alpha value is -3.09. The lowest BCUT2D eigenvalue weighted by atomic mass is 10.1. The third kappa shape index (κ3) is 4.30. The Morgan fingerprint density at radius 2 is 1.92 bits per heavy atom. The first-order valence-electron chi connectivity index (χ1n) is 8.17. The topological polar surface area (TPSA) is 81.9 Å². The summed E-state index contributed by atoms with van der Waals surface area (Å²) in [6.45, 7) is 4.24. The molecule has 26 heavy (non-hydrogen) atoms. The first-order chi connectivity index (χ1) is 12.4. The average molecular weight is 358 g/mol. The van der Waals surface area contributed by atoms with Crippen molar-refractivity contribution in [3.63, 3.8) is 0 Å². The molecule has 2 aromatic rings. The molecule has 0 spiro atoms. The van der Waals surface area contributed by atoms with Crippen molar-refractivity contribution < 1.29 is 19.2 Å². The number of nitro benzene ring substituents is 1. The summed E-state index contributed by atoms with van der Waals surface area (Å²) in [5, 5.41) is 11.4. The van der Waals surface area contributed by atoms with Crippen LogP contribution in [0.2, 0.25) is 0 Å². The maximum Gasteiger partial charge on any atom is 0.293 e. The van der Waals surface area contributed by atoms with Gasteiger partial charge in [0.05, 0.1) is 18.6 Å². The number of Topliss-reactive ketones (excluding diaryl/α,β-unsaturated/α-hetero) is 1. The molecule has 0 atom stereocenters. The normalized spacial score (nSPS) is 10.3. The van der Waals surface area contributed by atoms with Crippen molar-refractivity contribution in [2.24, 2.45) is 0 Å². The Bertz CT molecular complexity index is 820. The molecule has 7 nitrogen and oxygen atoms in total. The summed E-state index contributed by atoms with van der Waals surface area (Å²) in [4.78, 5) is 24.2. The third-order valence-electron chi connectivity index (χ3n) is 3.94. The van der Waals surface area contributed by atoms with E-state index in [9.17, 15) is 14.9 Å². The Morgan fingerprint density at radius 3 is 2.50 bits per heavy atom. The molecule has 0 aliphatic heterocycles. The van der Waals surface area contributed by atoms with Crippen LogP contribution in [0, 0.1) is 10.1 Å². The van der Waals surface area contributed by atoms with Gasteiger partial charge in [0.1, 0.15) is 5.69 Å².